The Balaban J connectivity index is 1.99. The van der Waals surface area contributed by atoms with Crippen molar-refractivity contribution >= 4 is 27.4 Å². The lowest BCUT2D eigenvalue weighted by Crippen LogP contribution is -2.31. The molecule has 0 saturated heterocycles. The summed E-state index contributed by atoms with van der Waals surface area (Å²) in [6.07, 6.45) is 3.35. The van der Waals surface area contributed by atoms with Gasteiger partial charge >= 0.3 is 0 Å². The third-order valence-electron chi connectivity index (χ3n) is 4.16. The van der Waals surface area contributed by atoms with Crippen molar-refractivity contribution in [3.05, 3.63) is 82.9 Å². The van der Waals surface area contributed by atoms with Gasteiger partial charge in [-0.25, -0.2) is 13.4 Å². The molecule has 0 radical (unpaired) electrons. The summed E-state index contributed by atoms with van der Waals surface area (Å²) < 4.78 is 30.3. The maximum atomic E-state index is 12.9. The number of imidazole rings is 1. The molecule has 0 spiro atoms. The van der Waals surface area contributed by atoms with E-state index in [0.29, 0.717) is 22.0 Å². The van der Waals surface area contributed by atoms with Gasteiger partial charge in [0.15, 0.2) is 5.78 Å². The summed E-state index contributed by atoms with van der Waals surface area (Å²) in [4.78, 5) is 15.8. The fraction of sp³-hybridized carbons (Fsp3) is 0.158. The van der Waals surface area contributed by atoms with Crippen LogP contribution in [-0.2, 0) is 17.1 Å². The zero-order chi connectivity index (χ0) is 19.6. The number of hydrogen-bond acceptors (Lipinski definition) is 4. The third-order valence-corrected chi connectivity index (χ3v) is 5.85. The van der Waals surface area contributed by atoms with Crippen LogP contribution in [0, 0.1) is 0 Å². The number of Topliss-reactive ketones (excluding diaryl/α,β-unsaturated/α-hetero) is 1. The number of benzene rings is 2. The fourth-order valence-corrected chi connectivity index (χ4v) is 3.98. The number of ketones is 1. The van der Waals surface area contributed by atoms with Gasteiger partial charge in [0.1, 0.15) is 11.9 Å². The van der Waals surface area contributed by atoms with Crippen LogP contribution < -0.4 is 4.72 Å². The first-order chi connectivity index (χ1) is 12.8. The van der Waals surface area contributed by atoms with Gasteiger partial charge in [-0.2, -0.15) is 4.72 Å². The molecule has 0 saturated carbocycles. The molecule has 27 heavy (non-hydrogen) atoms. The SMILES string of the molecule is CC(=O)c1ccc(S(=O)(=O)NC(c2ccc(Cl)cc2)c2nccn2C)cc1. The van der Waals surface area contributed by atoms with Gasteiger partial charge in [-0.3, -0.25) is 4.79 Å². The number of hydrogen-bond donors (Lipinski definition) is 1. The van der Waals surface area contributed by atoms with Crippen LogP contribution in [0.1, 0.15) is 34.7 Å². The van der Waals surface area contributed by atoms with E-state index in [1.54, 1.807) is 48.3 Å². The number of rotatable bonds is 6. The summed E-state index contributed by atoms with van der Waals surface area (Å²) in [7, 11) is -2.06. The van der Waals surface area contributed by atoms with Crippen LogP contribution in [0.25, 0.3) is 0 Å². The molecule has 1 N–H and O–H groups in total. The summed E-state index contributed by atoms with van der Waals surface area (Å²) in [6, 6.07) is 12.0. The molecule has 1 atom stereocenters. The summed E-state index contributed by atoms with van der Waals surface area (Å²) in [5.41, 5.74) is 1.16. The molecule has 6 nitrogen and oxygen atoms in total. The zero-order valence-corrected chi connectivity index (χ0v) is 16.3. The van der Waals surface area contributed by atoms with Crippen molar-refractivity contribution in [1.82, 2.24) is 14.3 Å². The Morgan fingerprint density at radius 3 is 2.26 bits per heavy atom. The lowest BCUT2D eigenvalue weighted by atomic mass is 10.1. The summed E-state index contributed by atoms with van der Waals surface area (Å²) in [5, 5.41) is 0.556. The van der Waals surface area contributed by atoms with E-state index in [4.69, 9.17) is 11.6 Å². The van der Waals surface area contributed by atoms with Gasteiger partial charge in [0.2, 0.25) is 10.0 Å². The largest absolute Gasteiger partial charge is 0.336 e. The van der Waals surface area contributed by atoms with Gasteiger partial charge in [0.25, 0.3) is 0 Å². The van der Waals surface area contributed by atoms with Crippen molar-refractivity contribution in [3.63, 3.8) is 0 Å². The van der Waals surface area contributed by atoms with Crippen molar-refractivity contribution in [2.45, 2.75) is 17.9 Å². The smallest absolute Gasteiger partial charge is 0.241 e. The van der Waals surface area contributed by atoms with Crippen LogP contribution in [0.2, 0.25) is 5.02 Å². The minimum atomic E-state index is -3.85. The molecule has 0 aliphatic carbocycles. The maximum Gasteiger partial charge on any atom is 0.241 e. The van der Waals surface area contributed by atoms with Crippen LogP contribution in [0.15, 0.2) is 65.8 Å². The van der Waals surface area contributed by atoms with Crippen LogP contribution in [0.4, 0.5) is 0 Å². The monoisotopic (exact) mass is 403 g/mol. The molecule has 1 heterocycles. The highest BCUT2D eigenvalue weighted by molar-refractivity contribution is 7.89. The average Bonchev–Trinajstić information content (AvgIpc) is 3.06. The van der Waals surface area contributed by atoms with Crippen molar-refractivity contribution < 1.29 is 13.2 Å². The molecular weight excluding hydrogens is 386 g/mol. The van der Waals surface area contributed by atoms with Crippen LogP contribution in [0.3, 0.4) is 0 Å². The van der Waals surface area contributed by atoms with E-state index < -0.39 is 16.1 Å². The number of nitrogens with zero attached hydrogens (tertiary/aromatic N) is 2. The summed E-state index contributed by atoms with van der Waals surface area (Å²) in [5.74, 6) is 0.417. The Bertz CT molecular complexity index is 1060. The Morgan fingerprint density at radius 2 is 1.74 bits per heavy atom. The quantitative estimate of drug-likeness (QED) is 0.640. The van der Waals surface area contributed by atoms with E-state index in [2.05, 4.69) is 9.71 Å². The molecule has 0 aliphatic rings. The van der Waals surface area contributed by atoms with Crippen LogP contribution >= 0.6 is 11.6 Å². The van der Waals surface area contributed by atoms with Crippen molar-refractivity contribution in [3.8, 4) is 0 Å². The second kappa shape index (κ2) is 7.64. The first kappa shape index (κ1) is 19.3. The standard InChI is InChI=1S/C19H18ClN3O3S/c1-13(24)14-5-9-17(10-6-14)27(25,26)22-18(19-21-11-12-23(19)2)15-3-7-16(20)8-4-15/h3-12,18,22H,1-2H3. The topological polar surface area (TPSA) is 81.1 Å². The summed E-state index contributed by atoms with van der Waals surface area (Å²) in [6.45, 7) is 1.43. The molecule has 1 unspecified atom stereocenters. The summed E-state index contributed by atoms with van der Waals surface area (Å²) >= 11 is 5.95. The molecule has 3 rings (SSSR count). The normalized spacial score (nSPS) is 12.7. The maximum absolute atomic E-state index is 12.9. The molecule has 3 aromatic rings. The number of carbonyl (C=O) groups excluding carboxylic acids is 1. The molecule has 140 valence electrons. The molecule has 2 aromatic carbocycles. The number of carbonyl (C=O) groups is 1. The Morgan fingerprint density at radius 1 is 1.11 bits per heavy atom. The molecule has 8 heteroatoms. The molecule has 0 bridgehead atoms. The van der Waals surface area contributed by atoms with Crippen LogP contribution in [-0.4, -0.2) is 23.8 Å². The predicted octanol–water partition coefficient (Wildman–Crippen LogP) is 3.34. The minimum absolute atomic E-state index is 0.0701. The number of sulfonamides is 1. The molecule has 1 aromatic heterocycles. The zero-order valence-electron chi connectivity index (χ0n) is 14.8. The van der Waals surface area contributed by atoms with Crippen molar-refractivity contribution in [1.29, 1.82) is 0 Å². The van der Waals surface area contributed by atoms with E-state index in [-0.39, 0.29) is 10.7 Å². The minimum Gasteiger partial charge on any atom is -0.336 e. The lowest BCUT2D eigenvalue weighted by Gasteiger charge is -2.19. The second-order valence-corrected chi connectivity index (χ2v) is 8.23. The highest BCUT2D eigenvalue weighted by Crippen LogP contribution is 2.25. The first-order valence-electron chi connectivity index (χ1n) is 8.14. The average molecular weight is 404 g/mol. The Hall–Kier alpha value is -2.48. The Labute approximate surface area is 162 Å². The highest BCUT2D eigenvalue weighted by Gasteiger charge is 2.25. The Kier molecular flexibility index (Phi) is 5.46. The number of halogens is 1. The second-order valence-electron chi connectivity index (χ2n) is 6.08. The molecule has 0 aliphatic heterocycles. The molecule has 0 amide bonds. The highest BCUT2D eigenvalue weighted by atomic mass is 35.5. The van der Waals surface area contributed by atoms with Gasteiger partial charge in [-0.1, -0.05) is 35.9 Å². The van der Waals surface area contributed by atoms with Gasteiger partial charge in [-0.15, -0.1) is 0 Å². The molecule has 0 fully saturated rings. The van der Waals surface area contributed by atoms with E-state index >= 15 is 0 Å². The number of nitrogens with one attached hydrogen (secondary N) is 1. The van der Waals surface area contributed by atoms with E-state index in [9.17, 15) is 13.2 Å². The first-order valence-corrected chi connectivity index (χ1v) is 10.00. The van der Waals surface area contributed by atoms with Crippen molar-refractivity contribution in [2.24, 2.45) is 7.05 Å². The van der Waals surface area contributed by atoms with Gasteiger partial charge in [0, 0.05) is 30.0 Å². The van der Waals surface area contributed by atoms with E-state index in [1.807, 2.05) is 0 Å². The number of aromatic nitrogens is 2. The van der Waals surface area contributed by atoms with Gasteiger partial charge < -0.3 is 4.57 Å². The van der Waals surface area contributed by atoms with Gasteiger partial charge in [-0.05, 0) is 36.8 Å². The third kappa shape index (κ3) is 4.27. The van der Waals surface area contributed by atoms with Gasteiger partial charge in [0.05, 0.1) is 4.90 Å². The predicted molar refractivity (Wildman–Crippen MR) is 103 cm³/mol. The number of aryl methyl sites for hydroxylation is 1. The fourth-order valence-electron chi connectivity index (χ4n) is 2.67. The molecular formula is C19H18ClN3O3S. The lowest BCUT2D eigenvalue weighted by molar-refractivity contribution is 0.101. The van der Waals surface area contributed by atoms with E-state index in [1.165, 1.54) is 31.2 Å². The van der Waals surface area contributed by atoms with Crippen LogP contribution in [0.5, 0.6) is 0 Å². The van der Waals surface area contributed by atoms with E-state index in [0.717, 1.165) is 0 Å². The van der Waals surface area contributed by atoms with Crippen molar-refractivity contribution in [2.75, 3.05) is 0 Å².